The maximum Gasteiger partial charge on any atom is -0.00132 e. The average Bonchev–Trinajstić information content (AvgIpc) is 4.26. The van der Waals surface area contributed by atoms with Crippen LogP contribution in [0, 0.1) is 0 Å². The van der Waals surface area contributed by atoms with Crippen LogP contribution in [-0.2, 0) is 25.7 Å². The van der Waals surface area contributed by atoms with Gasteiger partial charge in [0.05, 0.1) is 0 Å². The van der Waals surface area contributed by atoms with Crippen molar-refractivity contribution < 1.29 is 0 Å². The summed E-state index contributed by atoms with van der Waals surface area (Å²) in [5, 5.41) is 0. The Labute approximate surface area is 443 Å². The zero-order valence-corrected chi connectivity index (χ0v) is 41.9. The summed E-state index contributed by atoms with van der Waals surface area (Å²) in [4.78, 5) is 0. The molecule has 5 aliphatic rings. The lowest BCUT2D eigenvalue weighted by atomic mass is 9.78. The van der Waals surface area contributed by atoms with E-state index in [0.29, 0.717) is 0 Å². The van der Waals surface area contributed by atoms with E-state index in [1.807, 2.05) is 0 Å². The van der Waals surface area contributed by atoms with Crippen LogP contribution in [0.3, 0.4) is 0 Å². The van der Waals surface area contributed by atoms with E-state index in [1.165, 1.54) is 178 Å². The van der Waals surface area contributed by atoms with Crippen LogP contribution < -0.4 is 0 Å². The van der Waals surface area contributed by atoms with Gasteiger partial charge in [0.15, 0.2) is 0 Å². The number of hydrogen-bond donors (Lipinski definition) is 0. The molecule has 0 unspecified atom stereocenters. The Morgan fingerprint density at radius 2 is 0.316 bits per heavy atom. The zero-order chi connectivity index (χ0) is 49.6. The average molecular weight is 961 g/mol. The molecule has 0 heteroatoms. The van der Waals surface area contributed by atoms with Crippen molar-refractivity contribution in [2.45, 2.75) is 25.7 Å². The summed E-state index contributed by atoms with van der Waals surface area (Å²) in [7, 11) is 0. The molecule has 12 aromatic rings. The van der Waals surface area contributed by atoms with Gasteiger partial charge in [-0.2, -0.15) is 0 Å². The number of benzene rings is 12. The van der Waals surface area contributed by atoms with Crippen LogP contribution in [0.4, 0.5) is 0 Å². The summed E-state index contributed by atoms with van der Waals surface area (Å²) in [6, 6.07) is 93.4. The third-order valence-electron chi connectivity index (χ3n) is 17.7. The summed E-state index contributed by atoms with van der Waals surface area (Å²) in [6.07, 6.45) is 3.86. The molecule has 0 N–H and O–H groups in total. The van der Waals surface area contributed by atoms with Crippen LogP contribution in [0.2, 0.25) is 0 Å². The first-order chi connectivity index (χ1) is 37.6. The molecule has 0 heterocycles. The Morgan fingerprint density at radius 3 is 0.553 bits per heavy atom. The summed E-state index contributed by atoms with van der Waals surface area (Å²) in [5.41, 5.74) is 42.1. The molecular weight excluding hydrogens is 913 g/mol. The van der Waals surface area contributed by atoms with Crippen LogP contribution in [0.1, 0.15) is 44.5 Å². The molecule has 12 aromatic carbocycles. The molecule has 0 bridgehead atoms. The van der Waals surface area contributed by atoms with Crippen LogP contribution in [0.15, 0.2) is 243 Å². The Morgan fingerprint density at radius 1 is 0.132 bits per heavy atom. The van der Waals surface area contributed by atoms with Crippen molar-refractivity contribution >= 4 is 0 Å². The molecule has 5 aliphatic carbocycles. The standard InChI is InChI=1S/C76H48/c1-5-13-61-53(9-1)37-57-33-45(17-25-65(57)61)49-21-29-69-70-30-22-51(47-19-27-67-59(35-47)39-55-11-3-7-15-63(55)67)43-75(70)76-44-52(48-20-28-68-60(36-48)40-56-12-4-8-16-64(56)68)24-32-72(76)71-31-23-50(42-74(71)73(69)41-49)46-18-26-66-58(34-46)38-54-10-2-6-14-62(54)66/h1-36,41-44H,37-40H2. The fraction of sp³-hybridized carbons (Fsp3) is 0.0526. The molecule has 0 nitrogen and oxygen atoms in total. The van der Waals surface area contributed by atoms with Crippen molar-refractivity contribution in [3.63, 3.8) is 0 Å². The lowest BCUT2D eigenvalue weighted by molar-refractivity contribution is 1.26. The monoisotopic (exact) mass is 960 g/mol. The molecule has 0 fully saturated rings. The van der Waals surface area contributed by atoms with Crippen molar-refractivity contribution in [2.75, 3.05) is 0 Å². The molecule has 17 rings (SSSR count). The molecule has 0 saturated heterocycles. The molecule has 352 valence electrons. The zero-order valence-electron chi connectivity index (χ0n) is 41.9. The van der Waals surface area contributed by atoms with Crippen molar-refractivity contribution in [2.24, 2.45) is 0 Å². The molecule has 0 amide bonds. The van der Waals surface area contributed by atoms with Gasteiger partial charge in [0, 0.05) is 0 Å². The Bertz CT molecular complexity index is 3940. The highest BCUT2D eigenvalue weighted by molar-refractivity contribution is 6.06. The summed E-state index contributed by atoms with van der Waals surface area (Å²) in [5.74, 6) is 0. The predicted molar refractivity (Wildman–Crippen MR) is 316 cm³/mol. The lowest BCUT2D eigenvalue weighted by Crippen LogP contribution is -1.99. The fourth-order valence-electron chi connectivity index (χ4n) is 14.0. The van der Waals surface area contributed by atoms with E-state index >= 15 is 0 Å². The van der Waals surface area contributed by atoms with Crippen molar-refractivity contribution in [3.05, 3.63) is 287 Å². The van der Waals surface area contributed by atoms with Gasteiger partial charge in [0.2, 0.25) is 0 Å². The van der Waals surface area contributed by atoms with Gasteiger partial charge in [-0.05, 0) is 228 Å². The highest BCUT2D eigenvalue weighted by Gasteiger charge is 2.28. The van der Waals surface area contributed by atoms with Gasteiger partial charge in [-0.3, -0.25) is 0 Å². The first-order valence-corrected chi connectivity index (χ1v) is 27.0. The van der Waals surface area contributed by atoms with Gasteiger partial charge in [-0.1, -0.05) is 218 Å². The van der Waals surface area contributed by atoms with E-state index in [0.717, 1.165) is 25.7 Å². The minimum absolute atomic E-state index is 0.965. The third-order valence-corrected chi connectivity index (χ3v) is 17.7. The number of fused-ring (bicyclic) bond motifs is 20. The predicted octanol–water partition coefficient (Wildman–Crippen LogP) is 19.6. The number of hydrogen-bond acceptors (Lipinski definition) is 0. The number of rotatable bonds is 4. The largest absolute Gasteiger partial charge is 0.0619 e. The molecule has 0 aliphatic heterocycles. The van der Waals surface area contributed by atoms with Gasteiger partial charge in [-0.15, -0.1) is 0 Å². The van der Waals surface area contributed by atoms with E-state index in [-0.39, 0.29) is 0 Å². The molecule has 0 spiro atoms. The normalized spacial score (nSPS) is 13.1. The van der Waals surface area contributed by atoms with Crippen molar-refractivity contribution in [1.82, 2.24) is 0 Å². The Balaban J connectivity index is 0.875. The van der Waals surface area contributed by atoms with E-state index in [1.54, 1.807) is 0 Å². The van der Waals surface area contributed by atoms with Gasteiger partial charge < -0.3 is 0 Å². The fourth-order valence-corrected chi connectivity index (χ4v) is 14.0. The topological polar surface area (TPSA) is 0 Å². The van der Waals surface area contributed by atoms with Gasteiger partial charge in [0.25, 0.3) is 0 Å². The second-order valence-corrected chi connectivity index (χ2v) is 21.9. The molecule has 76 heavy (non-hydrogen) atoms. The van der Waals surface area contributed by atoms with E-state index in [2.05, 4.69) is 243 Å². The highest BCUT2D eigenvalue weighted by Crippen LogP contribution is 2.53. The van der Waals surface area contributed by atoms with Crippen LogP contribution in [0.5, 0.6) is 0 Å². The van der Waals surface area contributed by atoms with Gasteiger partial charge in [-0.25, -0.2) is 0 Å². The van der Waals surface area contributed by atoms with Crippen molar-refractivity contribution in [1.29, 1.82) is 0 Å². The van der Waals surface area contributed by atoms with Crippen molar-refractivity contribution in [3.8, 4) is 134 Å². The first kappa shape index (κ1) is 42.0. The summed E-state index contributed by atoms with van der Waals surface area (Å²) >= 11 is 0. The van der Waals surface area contributed by atoms with E-state index < -0.39 is 0 Å². The highest BCUT2D eigenvalue weighted by atomic mass is 14.3. The Kier molecular flexibility index (Phi) is 8.89. The smallest absolute Gasteiger partial charge is 0.00132 e. The van der Waals surface area contributed by atoms with Crippen LogP contribution in [0.25, 0.3) is 134 Å². The van der Waals surface area contributed by atoms with E-state index in [9.17, 15) is 0 Å². The van der Waals surface area contributed by atoms with Crippen LogP contribution >= 0.6 is 0 Å². The lowest BCUT2D eigenvalue weighted by Gasteiger charge is -2.26. The quantitative estimate of drug-likeness (QED) is 0.165. The molecule has 0 aromatic heterocycles. The van der Waals surface area contributed by atoms with Crippen LogP contribution in [-0.4, -0.2) is 0 Å². The van der Waals surface area contributed by atoms with Gasteiger partial charge >= 0.3 is 0 Å². The van der Waals surface area contributed by atoms with Gasteiger partial charge in [0.1, 0.15) is 0 Å². The Hall–Kier alpha value is -9.36. The second-order valence-electron chi connectivity index (χ2n) is 21.9. The second kappa shape index (κ2) is 16.1. The SMILES string of the molecule is c1ccc2c(c1)Cc1cc(-c3ccc4c(c3)-c3cc(-c5ccc6c(c5)Cc5ccccc5-6)ccc3-c3ccc(-c5ccc6c(c5)Cc5ccccc5-6)cc3-c3cc(-c5ccc6c(c5)Cc5ccccc5-6)ccc3-4)ccc1-2. The molecule has 0 atom stereocenters. The minimum atomic E-state index is 0.965. The molecule has 0 radical (unpaired) electrons. The summed E-state index contributed by atoms with van der Waals surface area (Å²) in [6.45, 7) is 0. The van der Waals surface area contributed by atoms with E-state index in [4.69, 9.17) is 0 Å². The maximum atomic E-state index is 2.50. The minimum Gasteiger partial charge on any atom is -0.0619 e. The third kappa shape index (κ3) is 6.38. The molecular formula is C76H48. The molecule has 0 saturated carbocycles. The maximum absolute atomic E-state index is 2.50. The first-order valence-electron chi connectivity index (χ1n) is 27.0. The summed E-state index contributed by atoms with van der Waals surface area (Å²) < 4.78 is 0.